The molecule has 0 aliphatic carbocycles. The van der Waals surface area contributed by atoms with E-state index in [1.54, 1.807) is 19.9 Å². The van der Waals surface area contributed by atoms with Crippen LogP contribution in [0.4, 0.5) is 16.2 Å². The fraction of sp³-hybridized carbons (Fsp3) is 0.250. The molecule has 0 bridgehead atoms. The van der Waals surface area contributed by atoms with E-state index in [2.05, 4.69) is 15.6 Å². The van der Waals surface area contributed by atoms with Gasteiger partial charge in [-0.1, -0.05) is 18.2 Å². The van der Waals surface area contributed by atoms with Gasteiger partial charge < -0.3 is 10.6 Å². The maximum absolute atomic E-state index is 12.5. The molecule has 3 N–H and O–H groups in total. The molecule has 1 heterocycles. The molecule has 0 atom stereocenters. The van der Waals surface area contributed by atoms with Crippen LogP contribution in [0.15, 0.2) is 47.6 Å². The van der Waals surface area contributed by atoms with Gasteiger partial charge in [0, 0.05) is 24.1 Å². The fourth-order valence-electron chi connectivity index (χ4n) is 2.02. The van der Waals surface area contributed by atoms with Gasteiger partial charge in [-0.15, -0.1) is 0 Å². The number of anilines is 2. The van der Waals surface area contributed by atoms with Crippen LogP contribution in [0.5, 0.6) is 0 Å². The molecule has 2 amide bonds. The van der Waals surface area contributed by atoms with Gasteiger partial charge in [-0.2, -0.15) is 0 Å². The highest BCUT2D eigenvalue weighted by Crippen LogP contribution is 2.25. The maximum atomic E-state index is 12.5. The zero-order chi connectivity index (χ0) is 17.7. The topological polar surface area (TPSA) is 100 Å². The maximum Gasteiger partial charge on any atom is 0.328 e. The van der Waals surface area contributed by atoms with E-state index in [4.69, 9.17) is 0 Å². The van der Waals surface area contributed by atoms with Gasteiger partial charge in [0.1, 0.15) is 4.90 Å². The Hall–Kier alpha value is -2.61. The number of rotatable bonds is 5. The summed E-state index contributed by atoms with van der Waals surface area (Å²) in [6, 6.07) is 8.06. The second-order valence-corrected chi connectivity index (χ2v) is 7.20. The first-order valence-electron chi connectivity index (χ1n) is 7.39. The lowest BCUT2D eigenvalue weighted by Gasteiger charge is -2.15. The second kappa shape index (κ2) is 7.31. The molecule has 0 saturated carbocycles. The zero-order valence-corrected chi connectivity index (χ0v) is 14.5. The largest absolute Gasteiger partial charge is 0.354 e. The first-order valence-corrected chi connectivity index (χ1v) is 8.88. The van der Waals surface area contributed by atoms with Crippen LogP contribution in [0.25, 0.3) is 0 Å². The number of pyridine rings is 1. The van der Waals surface area contributed by atoms with Gasteiger partial charge in [0.2, 0.25) is 0 Å². The number of carbonyl (C=O) groups is 1. The number of hydrogen-bond donors (Lipinski definition) is 3. The van der Waals surface area contributed by atoms with Crippen molar-refractivity contribution in [1.29, 1.82) is 0 Å². The summed E-state index contributed by atoms with van der Waals surface area (Å²) in [4.78, 5) is 15.5. The first-order chi connectivity index (χ1) is 11.3. The van der Waals surface area contributed by atoms with Crippen LogP contribution in [-0.2, 0) is 10.0 Å². The summed E-state index contributed by atoms with van der Waals surface area (Å²) >= 11 is 0. The minimum Gasteiger partial charge on any atom is -0.354 e. The molecule has 2 rings (SSSR count). The van der Waals surface area contributed by atoms with E-state index in [0.29, 0.717) is 5.69 Å². The van der Waals surface area contributed by atoms with E-state index >= 15 is 0 Å². The van der Waals surface area contributed by atoms with Crippen LogP contribution in [-0.4, -0.2) is 25.5 Å². The third-order valence-electron chi connectivity index (χ3n) is 3.14. The molecule has 7 nitrogen and oxygen atoms in total. The third-order valence-corrected chi connectivity index (χ3v) is 4.49. The number of amides is 2. The summed E-state index contributed by atoms with van der Waals surface area (Å²) in [6.07, 6.45) is 2.68. The summed E-state index contributed by atoms with van der Waals surface area (Å²) in [5.41, 5.74) is 2.07. The summed E-state index contributed by atoms with van der Waals surface area (Å²) in [6.45, 7) is 5.38. The van der Waals surface area contributed by atoms with Gasteiger partial charge in [-0.3, -0.25) is 4.98 Å². The van der Waals surface area contributed by atoms with Crippen molar-refractivity contribution in [3.8, 4) is 0 Å². The van der Waals surface area contributed by atoms with Gasteiger partial charge in [0.05, 0.1) is 5.69 Å². The van der Waals surface area contributed by atoms with Gasteiger partial charge in [-0.25, -0.2) is 17.9 Å². The number of para-hydroxylation sites is 1. The van der Waals surface area contributed by atoms with Gasteiger partial charge in [0.15, 0.2) is 0 Å². The number of hydrogen-bond acceptors (Lipinski definition) is 5. The van der Waals surface area contributed by atoms with E-state index in [1.165, 1.54) is 12.4 Å². The number of nitrogens with zero attached hydrogens (tertiary/aromatic N) is 1. The Labute approximate surface area is 141 Å². The lowest BCUT2D eigenvalue weighted by Crippen LogP contribution is -2.42. The molecule has 0 fully saturated rings. The summed E-state index contributed by atoms with van der Waals surface area (Å²) in [5, 5.41) is 5.55. The molecule has 1 aromatic carbocycles. The van der Waals surface area contributed by atoms with E-state index in [9.17, 15) is 13.2 Å². The van der Waals surface area contributed by atoms with Crippen LogP contribution < -0.4 is 15.4 Å². The van der Waals surface area contributed by atoms with Crippen molar-refractivity contribution in [2.45, 2.75) is 31.7 Å². The zero-order valence-electron chi connectivity index (χ0n) is 13.7. The predicted molar refractivity (Wildman–Crippen MR) is 92.7 cm³/mol. The van der Waals surface area contributed by atoms with Gasteiger partial charge in [0.25, 0.3) is 10.0 Å². The van der Waals surface area contributed by atoms with Gasteiger partial charge in [-0.05, 0) is 38.5 Å². The van der Waals surface area contributed by atoms with Crippen molar-refractivity contribution in [1.82, 2.24) is 15.0 Å². The molecule has 24 heavy (non-hydrogen) atoms. The van der Waals surface area contributed by atoms with E-state index < -0.39 is 16.1 Å². The average molecular weight is 348 g/mol. The normalized spacial score (nSPS) is 11.2. The minimum atomic E-state index is -4.06. The monoisotopic (exact) mass is 348 g/mol. The smallest absolute Gasteiger partial charge is 0.328 e. The van der Waals surface area contributed by atoms with Crippen LogP contribution in [0.3, 0.4) is 0 Å². The quantitative estimate of drug-likeness (QED) is 0.771. The van der Waals surface area contributed by atoms with Crippen molar-refractivity contribution in [2.24, 2.45) is 0 Å². The lowest BCUT2D eigenvalue weighted by molar-refractivity contribution is 0.243. The minimum absolute atomic E-state index is 0.104. The molecule has 0 spiro atoms. The van der Waals surface area contributed by atoms with Crippen LogP contribution in [0.1, 0.15) is 19.4 Å². The Morgan fingerprint density at radius 1 is 1.12 bits per heavy atom. The van der Waals surface area contributed by atoms with Crippen molar-refractivity contribution < 1.29 is 13.2 Å². The Balaban J connectivity index is 2.31. The van der Waals surface area contributed by atoms with E-state index in [0.717, 1.165) is 11.3 Å². The van der Waals surface area contributed by atoms with Crippen LogP contribution in [0, 0.1) is 6.92 Å². The molecule has 1 aromatic heterocycles. The molecule has 0 saturated heterocycles. The van der Waals surface area contributed by atoms with Crippen molar-refractivity contribution in [3.05, 3.63) is 48.3 Å². The van der Waals surface area contributed by atoms with Gasteiger partial charge >= 0.3 is 6.03 Å². The number of nitrogens with one attached hydrogen (secondary N) is 3. The number of aryl methyl sites for hydroxylation is 1. The number of aromatic nitrogens is 1. The Kier molecular flexibility index (Phi) is 5.40. The molecule has 0 unspecified atom stereocenters. The number of carbonyl (C=O) groups excluding carboxylic acids is 1. The molecule has 128 valence electrons. The Bertz CT molecular complexity index is 835. The number of sulfonamides is 1. The van der Waals surface area contributed by atoms with Crippen LogP contribution in [0.2, 0.25) is 0 Å². The SMILES string of the molecule is Cc1ccccc1Nc1ccncc1S(=O)(=O)NC(=O)NC(C)C. The molecular formula is C16H20N4O3S. The molecule has 8 heteroatoms. The molecule has 0 aliphatic heterocycles. The van der Waals surface area contributed by atoms with Crippen molar-refractivity contribution in [2.75, 3.05) is 5.32 Å². The van der Waals surface area contributed by atoms with Crippen molar-refractivity contribution in [3.63, 3.8) is 0 Å². The third kappa shape index (κ3) is 4.45. The molecular weight excluding hydrogens is 328 g/mol. The number of urea groups is 1. The standard InChI is InChI=1S/C16H20N4O3S/c1-11(2)18-16(21)20-24(22,23)15-10-17-9-8-14(15)19-13-7-5-4-6-12(13)3/h4-11H,1-3H3,(H,17,19)(H2,18,20,21). The summed E-state index contributed by atoms with van der Waals surface area (Å²) in [5.74, 6) is 0. The second-order valence-electron chi connectivity index (χ2n) is 5.55. The molecule has 0 aliphatic rings. The highest BCUT2D eigenvalue weighted by atomic mass is 32.2. The van der Waals surface area contributed by atoms with Crippen LogP contribution >= 0.6 is 0 Å². The predicted octanol–water partition coefficient (Wildman–Crippen LogP) is 2.53. The fourth-order valence-corrected chi connectivity index (χ4v) is 3.05. The Morgan fingerprint density at radius 2 is 1.83 bits per heavy atom. The Morgan fingerprint density at radius 3 is 2.50 bits per heavy atom. The highest BCUT2D eigenvalue weighted by molar-refractivity contribution is 7.90. The van der Waals surface area contributed by atoms with Crippen molar-refractivity contribution >= 4 is 27.4 Å². The number of benzene rings is 1. The van der Waals surface area contributed by atoms with E-state index in [1.807, 2.05) is 35.9 Å². The molecule has 2 aromatic rings. The van der Waals surface area contributed by atoms with E-state index in [-0.39, 0.29) is 10.9 Å². The molecule has 0 radical (unpaired) electrons. The average Bonchev–Trinajstić information content (AvgIpc) is 2.48. The highest BCUT2D eigenvalue weighted by Gasteiger charge is 2.22. The first kappa shape index (κ1) is 17.7. The summed E-state index contributed by atoms with van der Waals surface area (Å²) < 4.78 is 26.9. The lowest BCUT2D eigenvalue weighted by atomic mass is 10.2. The summed E-state index contributed by atoms with van der Waals surface area (Å²) in [7, 11) is -4.06.